The van der Waals surface area contributed by atoms with Gasteiger partial charge in [-0.15, -0.1) is 0 Å². The van der Waals surface area contributed by atoms with Gasteiger partial charge in [-0.2, -0.15) is 0 Å². The first-order valence-corrected chi connectivity index (χ1v) is 7.08. The summed E-state index contributed by atoms with van der Waals surface area (Å²) in [5.74, 6) is 0.998. The Morgan fingerprint density at radius 1 is 1.10 bits per heavy atom. The van der Waals surface area contributed by atoms with Crippen molar-refractivity contribution in [2.45, 2.75) is 27.3 Å². The number of carbonyl (C=O) groups is 1. The van der Waals surface area contributed by atoms with Gasteiger partial charge in [0.25, 0.3) is 0 Å². The van der Waals surface area contributed by atoms with Crippen LogP contribution in [0.2, 0.25) is 0 Å². The van der Waals surface area contributed by atoms with Crippen LogP contribution in [0.15, 0.2) is 42.5 Å². The molecular weight excluding hydrogens is 260 g/mol. The number of hydrogen-bond acceptors (Lipinski definition) is 2. The van der Waals surface area contributed by atoms with Gasteiger partial charge in [0.05, 0.1) is 17.6 Å². The fourth-order valence-corrected chi connectivity index (χ4v) is 2.66. The molecule has 0 spiro atoms. The van der Waals surface area contributed by atoms with Gasteiger partial charge < -0.3 is 4.57 Å². The minimum absolute atomic E-state index is 0.127. The van der Waals surface area contributed by atoms with Gasteiger partial charge in [-0.25, -0.2) is 4.98 Å². The molecule has 0 radical (unpaired) electrons. The number of hydrogen-bond donors (Lipinski definition) is 0. The van der Waals surface area contributed by atoms with Crippen molar-refractivity contribution in [3.63, 3.8) is 0 Å². The lowest BCUT2D eigenvalue weighted by Crippen LogP contribution is -2.13. The molecule has 3 heteroatoms. The smallest absolute Gasteiger partial charge is 0.182 e. The van der Waals surface area contributed by atoms with Crippen LogP contribution in [0.1, 0.15) is 27.3 Å². The Hall–Kier alpha value is -2.42. The van der Waals surface area contributed by atoms with Gasteiger partial charge in [0.15, 0.2) is 5.78 Å². The summed E-state index contributed by atoms with van der Waals surface area (Å²) in [6, 6.07) is 13.9. The first-order valence-electron chi connectivity index (χ1n) is 7.08. The highest BCUT2D eigenvalue weighted by molar-refractivity contribution is 5.98. The van der Waals surface area contributed by atoms with Crippen molar-refractivity contribution in [3.8, 4) is 0 Å². The minimum atomic E-state index is 0.127. The number of aryl methyl sites for hydroxylation is 3. The molecule has 2 aromatic carbocycles. The van der Waals surface area contributed by atoms with E-state index in [9.17, 15) is 4.79 Å². The number of Topliss-reactive ketones (excluding diaryl/α,β-unsaturated/α-hetero) is 1. The first kappa shape index (κ1) is 13.6. The average Bonchev–Trinajstić information content (AvgIpc) is 2.78. The van der Waals surface area contributed by atoms with Crippen molar-refractivity contribution in [2.75, 3.05) is 0 Å². The third-order valence-corrected chi connectivity index (χ3v) is 3.84. The Labute approximate surface area is 124 Å². The molecule has 0 N–H and O–H groups in total. The van der Waals surface area contributed by atoms with Crippen molar-refractivity contribution < 1.29 is 4.79 Å². The third-order valence-electron chi connectivity index (χ3n) is 3.84. The maximum Gasteiger partial charge on any atom is 0.182 e. The van der Waals surface area contributed by atoms with Gasteiger partial charge in [0.2, 0.25) is 0 Å². The molecule has 0 amide bonds. The van der Waals surface area contributed by atoms with E-state index in [1.54, 1.807) is 0 Å². The summed E-state index contributed by atoms with van der Waals surface area (Å²) in [7, 11) is 0. The molecule has 3 nitrogen and oxygen atoms in total. The topological polar surface area (TPSA) is 34.9 Å². The Morgan fingerprint density at radius 3 is 2.67 bits per heavy atom. The lowest BCUT2D eigenvalue weighted by Gasteiger charge is -2.09. The Kier molecular flexibility index (Phi) is 3.34. The number of benzene rings is 2. The Bertz CT molecular complexity index is 830. The number of fused-ring (bicyclic) bond motifs is 1. The standard InChI is InChI=1S/C18H18N2O/c1-12-8-9-13(2)15(10-12)18(21)11-20-14(3)19-16-6-4-5-7-17(16)20/h4-10H,11H2,1-3H3. The molecule has 106 valence electrons. The van der Waals surface area contributed by atoms with E-state index in [0.717, 1.165) is 33.5 Å². The number of rotatable bonds is 3. The molecule has 0 aliphatic carbocycles. The second kappa shape index (κ2) is 5.17. The molecule has 3 rings (SSSR count). The number of para-hydroxylation sites is 2. The van der Waals surface area contributed by atoms with Crippen LogP contribution < -0.4 is 0 Å². The van der Waals surface area contributed by atoms with Crippen LogP contribution in [0.3, 0.4) is 0 Å². The Balaban J connectivity index is 2.00. The van der Waals surface area contributed by atoms with Crippen LogP contribution in [0, 0.1) is 20.8 Å². The van der Waals surface area contributed by atoms with Gasteiger partial charge >= 0.3 is 0 Å². The van der Waals surface area contributed by atoms with E-state index in [1.165, 1.54) is 0 Å². The van der Waals surface area contributed by atoms with Crippen LogP contribution in [0.25, 0.3) is 11.0 Å². The van der Waals surface area contributed by atoms with E-state index in [1.807, 2.05) is 67.8 Å². The third kappa shape index (κ3) is 2.47. The summed E-state index contributed by atoms with van der Waals surface area (Å²) in [5, 5.41) is 0. The van der Waals surface area contributed by atoms with E-state index in [2.05, 4.69) is 4.98 Å². The summed E-state index contributed by atoms with van der Waals surface area (Å²) >= 11 is 0. The average molecular weight is 278 g/mol. The number of imidazole rings is 1. The highest BCUT2D eigenvalue weighted by atomic mass is 16.1. The SMILES string of the molecule is Cc1ccc(C)c(C(=O)Cn2c(C)nc3ccccc32)c1. The predicted molar refractivity (Wildman–Crippen MR) is 84.7 cm³/mol. The fraction of sp³-hybridized carbons (Fsp3) is 0.222. The largest absolute Gasteiger partial charge is 0.320 e. The lowest BCUT2D eigenvalue weighted by molar-refractivity contribution is 0.0972. The molecule has 3 aromatic rings. The van der Waals surface area contributed by atoms with E-state index in [0.29, 0.717) is 6.54 Å². The van der Waals surface area contributed by atoms with E-state index < -0.39 is 0 Å². The van der Waals surface area contributed by atoms with Crippen molar-refractivity contribution in [1.29, 1.82) is 0 Å². The number of aromatic nitrogens is 2. The second-order valence-corrected chi connectivity index (χ2v) is 5.48. The molecule has 0 saturated carbocycles. The summed E-state index contributed by atoms with van der Waals surface area (Å²) in [6.45, 7) is 6.26. The minimum Gasteiger partial charge on any atom is -0.320 e. The van der Waals surface area contributed by atoms with Crippen LogP contribution in [-0.2, 0) is 6.54 Å². The molecular formula is C18H18N2O. The number of ketones is 1. The molecule has 0 aliphatic heterocycles. The van der Waals surface area contributed by atoms with E-state index in [-0.39, 0.29) is 5.78 Å². The maximum absolute atomic E-state index is 12.6. The van der Waals surface area contributed by atoms with Crippen LogP contribution in [0.4, 0.5) is 0 Å². The zero-order chi connectivity index (χ0) is 15.0. The monoisotopic (exact) mass is 278 g/mol. The molecule has 1 aromatic heterocycles. The normalized spacial score (nSPS) is 11.0. The highest BCUT2D eigenvalue weighted by Crippen LogP contribution is 2.18. The maximum atomic E-state index is 12.6. The second-order valence-electron chi connectivity index (χ2n) is 5.48. The van der Waals surface area contributed by atoms with Crippen LogP contribution >= 0.6 is 0 Å². The van der Waals surface area contributed by atoms with Gasteiger partial charge in [0.1, 0.15) is 5.82 Å². The molecule has 0 bridgehead atoms. The summed E-state index contributed by atoms with van der Waals surface area (Å²) < 4.78 is 1.99. The number of nitrogens with zero attached hydrogens (tertiary/aromatic N) is 2. The van der Waals surface area contributed by atoms with Gasteiger partial charge in [0, 0.05) is 5.56 Å². The molecule has 0 fully saturated rings. The van der Waals surface area contributed by atoms with E-state index in [4.69, 9.17) is 0 Å². The van der Waals surface area contributed by atoms with Crippen LogP contribution in [0.5, 0.6) is 0 Å². The summed E-state index contributed by atoms with van der Waals surface area (Å²) in [4.78, 5) is 17.1. The molecule has 0 atom stereocenters. The lowest BCUT2D eigenvalue weighted by atomic mass is 10.0. The van der Waals surface area contributed by atoms with Crippen molar-refractivity contribution in [2.24, 2.45) is 0 Å². The summed E-state index contributed by atoms with van der Waals surface area (Å²) in [6.07, 6.45) is 0. The van der Waals surface area contributed by atoms with Gasteiger partial charge in [-0.3, -0.25) is 4.79 Å². The zero-order valence-corrected chi connectivity index (χ0v) is 12.6. The Morgan fingerprint density at radius 2 is 1.86 bits per heavy atom. The quantitative estimate of drug-likeness (QED) is 0.682. The number of carbonyl (C=O) groups excluding carboxylic acids is 1. The first-order chi connectivity index (χ1) is 10.1. The van der Waals surface area contributed by atoms with Crippen molar-refractivity contribution >= 4 is 16.8 Å². The predicted octanol–water partition coefficient (Wildman–Crippen LogP) is 3.84. The highest BCUT2D eigenvalue weighted by Gasteiger charge is 2.14. The molecule has 21 heavy (non-hydrogen) atoms. The molecule has 1 heterocycles. The summed E-state index contributed by atoms with van der Waals surface area (Å²) in [5.41, 5.74) is 4.87. The van der Waals surface area contributed by atoms with Crippen LogP contribution in [-0.4, -0.2) is 15.3 Å². The van der Waals surface area contributed by atoms with E-state index >= 15 is 0 Å². The molecule has 0 saturated heterocycles. The van der Waals surface area contributed by atoms with Crippen molar-refractivity contribution in [1.82, 2.24) is 9.55 Å². The van der Waals surface area contributed by atoms with Gasteiger partial charge in [-0.05, 0) is 44.5 Å². The fourth-order valence-electron chi connectivity index (χ4n) is 2.66. The van der Waals surface area contributed by atoms with Crippen molar-refractivity contribution in [3.05, 3.63) is 65.0 Å². The molecule has 0 unspecified atom stereocenters. The molecule has 0 aliphatic rings. The zero-order valence-electron chi connectivity index (χ0n) is 12.6. The van der Waals surface area contributed by atoms with Gasteiger partial charge in [-0.1, -0.05) is 29.8 Å².